The molecule has 0 fully saturated rings. The fourth-order valence-electron chi connectivity index (χ4n) is 1.28. The van der Waals surface area contributed by atoms with Crippen LogP contribution in [0.3, 0.4) is 0 Å². The molecular formula is C9H19N3OSSi. The number of hydrogen-bond acceptors (Lipinski definition) is 5. The summed E-state index contributed by atoms with van der Waals surface area (Å²) >= 11 is 1.23. The molecule has 1 unspecified atom stereocenters. The molecule has 1 heterocycles. The minimum absolute atomic E-state index is 0.00475. The second-order valence-corrected chi connectivity index (χ2v) is 8.07. The molecule has 0 aromatic carbocycles. The van der Waals surface area contributed by atoms with Gasteiger partial charge in [0.05, 0.1) is 0 Å². The maximum Gasteiger partial charge on any atom is 0.200 e. The predicted molar refractivity (Wildman–Crippen MR) is 66.5 cm³/mol. The van der Waals surface area contributed by atoms with Crippen molar-refractivity contribution in [3.63, 3.8) is 0 Å². The second-order valence-electron chi connectivity index (χ2n) is 4.92. The Morgan fingerprint density at radius 2 is 2.00 bits per heavy atom. The van der Waals surface area contributed by atoms with Crippen LogP contribution in [-0.4, -0.2) is 18.4 Å². The SMILES string of the molecule is C[SiH](C)OC(c1nsc(N)n1)C(C)(C)C. The van der Waals surface area contributed by atoms with Crippen LogP contribution < -0.4 is 5.73 Å². The van der Waals surface area contributed by atoms with E-state index in [4.69, 9.17) is 10.2 Å². The van der Waals surface area contributed by atoms with Gasteiger partial charge >= 0.3 is 0 Å². The van der Waals surface area contributed by atoms with Crippen LogP contribution in [0.25, 0.3) is 0 Å². The minimum Gasteiger partial charge on any atom is -0.410 e. The van der Waals surface area contributed by atoms with E-state index in [9.17, 15) is 0 Å². The first-order chi connectivity index (χ1) is 6.80. The number of nitrogens with two attached hydrogens (primary N) is 1. The third-order valence-electron chi connectivity index (χ3n) is 1.89. The lowest BCUT2D eigenvalue weighted by atomic mass is 9.89. The highest BCUT2D eigenvalue weighted by Crippen LogP contribution is 2.35. The van der Waals surface area contributed by atoms with Crippen molar-refractivity contribution in [2.24, 2.45) is 5.41 Å². The van der Waals surface area contributed by atoms with Gasteiger partial charge in [-0.1, -0.05) is 20.8 Å². The molecule has 1 rings (SSSR count). The highest BCUT2D eigenvalue weighted by Gasteiger charge is 2.31. The normalized spacial score (nSPS) is 14.5. The Labute approximate surface area is 96.8 Å². The van der Waals surface area contributed by atoms with E-state index in [1.165, 1.54) is 11.5 Å². The largest absolute Gasteiger partial charge is 0.410 e. The van der Waals surface area contributed by atoms with Crippen molar-refractivity contribution in [1.82, 2.24) is 9.36 Å². The molecule has 2 N–H and O–H groups in total. The molecule has 6 heteroatoms. The fraction of sp³-hybridized carbons (Fsp3) is 0.778. The number of nitrogen functional groups attached to an aromatic ring is 1. The molecule has 0 aliphatic heterocycles. The van der Waals surface area contributed by atoms with Gasteiger partial charge in [-0.2, -0.15) is 4.37 Å². The maximum atomic E-state index is 5.98. The molecule has 0 saturated carbocycles. The van der Waals surface area contributed by atoms with Crippen molar-refractivity contribution >= 4 is 25.7 Å². The van der Waals surface area contributed by atoms with Crippen molar-refractivity contribution in [2.75, 3.05) is 5.73 Å². The van der Waals surface area contributed by atoms with Gasteiger partial charge in [0, 0.05) is 11.5 Å². The van der Waals surface area contributed by atoms with Crippen LogP contribution in [0, 0.1) is 5.41 Å². The van der Waals surface area contributed by atoms with Gasteiger partial charge in [-0.25, -0.2) is 4.98 Å². The van der Waals surface area contributed by atoms with Crippen LogP contribution in [0.4, 0.5) is 5.13 Å². The molecule has 15 heavy (non-hydrogen) atoms. The quantitative estimate of drug-likeness (QED) is 0.829. The first-order valence-corrected chi connectivity index (χ1v) is 8.60. The summed E-state index contributed by atoms with van der Waals surface area (Å²) in [6.45, 7) is 10.7. The highest BCUT2D eigenvalue weighted by molar-refractivity contribution is 7.09. The predicted octanol–water partition coefficient (Wildman–Crippen LogP) is 2.21. The lowest BCUT2D eigenvalue weighted by Gasteiger charge is -2.30. The van der Waals surface area contributed by atoms with E-state index >= 15 is 0 Å². The molecule has 86 valence electrons. The summed E-state index contributed by atoms with van der Waals surface area (Å²) in [4.78, 5) is 4.21. The van der Waals surface area contributed by atoms with Gasteiger partial charge in [-0.3, -0.25) is 0 Å². The minimum atomic E-state index is -1.10. The molecule has 1 aromatic heterocycles. The Morgan fingerprint density at radius 3 is 2.33 bits per heavy atom. The zero-order valence-corrected chi connectivity index (χ0v) is 11.9. The molecule has 1 aromatic rings. The smallest absolute Gasteiger partial charge is 0.200 e. The molecule has 0 amide bonds. The van der Waals surface area contributed by atoms with Gasteiger partial charge in [0.1, 0.15) is 6.10 Å². The molecule has 0 bridgehead atoms. The molecule has 4 nitrogen and oxygen atoms in total. The van der Waals surface area contributed by atoms with E-state index in [1.807, 2.05) is 0 Å². The summed E-state index contributed by atoms with van der Waals surface area (Å²) in [6.07, 6.45) is -0.0438. The monoisotopic (exact) mass is 245 g/mol. The molecule has 0 radical (unpaired) electrons. The van der Waals surface area contributed by atoms with Gasteiger partial charge in [0.2, 0.25) is 0 Å². The number of hydrogen-bond donors (Lipinski definition) is 1. The standard InChI is InChI=1S/C9H19N3OSSi/c1-9(2,3)6(13-15(4)5)7-11-8(10)14-12-7/h6,15H,1-5H3,(H2,10,11,12). The van der Waals surface area contributed by atoms with Gasteiger partial charge in [0.25, 0.3) is 0 Å². The number of anilines is 1. The van der Waals surface area contributed by atoms with Gasteiger partial charge < -0.3 is 10.2 Å². The van der Waals surface area contributed by atoms with Crippen molar-refractivity contribution in [1.29, 1.82) is 0 Å². The molecule has 0 spiro atoms. The summed E-state index contributed by atoms with van der Waals surface area (Å²) in [5, 5.41) is 0.508. The van der Waals surface area contributed by atoms with Crippen molar-refractivity contribution in [2.45, 2.75) is 40.0 Å². The maximum absolute atomic E-state index is 5.98. The topological polar surface area (TPSA) is 61.0 Å². The Kier molecular flexibility index (Phi) is 3.85. The van der Waals surface area contributed by atoms with Crippen LogP contribution in [0.15, 0.2) is 0 Å². The molecule has 0 saturated heterocycles. The second kappa shape index (κ2) is 4.59. The van der Waals surface area contributed by atoms with Gasteiger partial charge in [-0.15, -0.1) is 0 Å². The summed E-state index contributed by atoms with van der Waals surface area (Å²) in [5.74, 6) is 0.728. The lowest BCUT2D eigenvalue weighted by Crippen LogP contribution is -2.26. The Bertz CT molecular complexity index is 321. The lowest BCUT2D eigenvalue weighted by molar-refractivity contribution is 0.0797. The summed E-state index contributed by atoms with van der Waals surface area (Å²) in [6, 6.07) is 0. The fourth-order valence-corrected chi connectivity index (χ4v) is 2.81. The van der Waals surface area contributed by atoms with Crippen LogP contribution in [0.2, 0.25) is 13.1 Å². The number of aromatic nitrogens is 2. The number of nitrogens with zero attached hydrogens (tertiary/aromatic N) is 2. The van der Waals surface area contributed by atoms with E-state index < -0.39 is 9.04 Å². The molecular weight excluding hydrogens is 226 g/mol. The molecule has 1 atom stereocenters. The van der Waals surface area contributed by atoms with Crippen LogP contribution in [0.1, 0.15) is 32.7 Å². The zero-order chi connectivity index (χ0) is 11.6. The van der Waals surface area contributed by atoms with Crippen LogP contribution in [-0.2, 0) is 4.43 Å². The van der Waals surface area contributed by atoms with Crippen LogP contribution >= 0.6 is 11.5 Å². The van der Waals surface area contributed by atoms with E-state index in [2.05, 4.69) is 43.2 Å². The van der Waals surface area contributed by atoms with E-state index in [0.29, 0.717) is 5.13 Å². The van der Waals surface area contributed by atoms with Crippen molar-refractivity contribution in [3.05, 3.63) is 5.82 Å². The van der Waals surface area contributed by atoms with Crippen molar-refractivity contribution in [3.8, 4) is 0 Å². The van der Waals surface area contributed by atoms with Gasteiger partial charge in [0.15, 0.2) is 20.0 Å². The summed E-state index contributed by atoms with van der Waals surface area (Å²) in [5.41, 5.74) is 5.60. The Balaban J connectivity index is 2.91. The first kappa shape index (κ1) is 12.6. The average Bonchev–Trinajstić information content (AvgIpc) is 2.45. The number of rotatable bonds is 3. The van der Waals surface area contributed by atoms with E-state index in [-0.39, 0.29) is 11.5 Å². The third-order valence-corrected chi connectivity index (χ3v) is 3.26. The van der Waals surface area contributed by atoms with Gasteiger partial charge in [-0.05, 0) is 18.5 Å². The third kappa shape index (κ3) is 3.55. The average molecular weight is 245 g/mol. The Morgan fingerprint density at radius 1 is 1.40 bits per heavy atom. The van der Waals surface area contributed by atoms with Crippen LogP contribution in [0.5, 0.6) is 0 Å². The Hall–Kier alpha value is -0.463. The molecule has 0 aliphatic rings. The first-order valence-electron chi connectivity index (χ1n) is 5.05. The van der Waals surface area contributed by atoms with Crippen molar-refractivity contribution < 1.29 is 4.43 Å². The molecule has 0 aliphatic carbocycles. The highest BCUT2D eigenvalue weighted by atomic mass is 32.1. The summed E-state index contributed by atoms with van der Waals surface area (Å²) < 4.78 is 10.2. The zero-order valence-electron chi connectivity index (χ0n) is 9.94. The van der Waals surface area contributed by atoms with E-state index in [0.717, 1.165) is 5.82 Å². The van der Waals surface area contributed by atoms with E-state index in [1.54, 1.807) is 0 Å². The summed E-state index contributed by atoms with van der Waals surface area (Å²) in [7, 11) is -1.10.